The van der Waals surface area contributed by atoms with Crippen molar-refractivity contribution in [1.82, 2.24) is 0 Å². The smallest absolute Gasteiger partial charge is 0.203 e. The zero-order chi connectivity index (χ0) is 13.8. The highest BCUT2D eigenvalue weighted by Gasteiger charge is 2.30. The Morgan fingerprint density at radius 2 is 1.74 bits per heavy atom. The molecule has 1 aromatic carbocycles. The molecule has 0 bridgehead atoms. The third kappa shape index (κ3) is 2.62. The molecular formula is C14H21NO4. The van der Waals surface area contributed by atoms with Crippen LogP contribution in [0.25, 0.3) is 0 Å². The van der Waals surface area contributed by atoms with Gasteiger partial charge in [-0.05, 0) is 24.2 Å². The van der Waals surface area contributed by atoms with Gasteiger partial charge < -0.3 is 24.7 Å². The summed E-state index contributed by atoms with van der Waals surface area (Å²) < 4.78 is 21.3. The van der Waals surface area contributed by atoms with Gasteiger partial charge in [-0.25, -0.2) is 0 Å². The first-order chi connectivity index (χ1) is 9.24. The third-order valence-corrected chi connectivity index (χ3v) is 3.60. The second kappa shape index (κ2) is 6.12. The summed E-state index contributed by atoms with van der Waals surface area (Å²) >= 11 is 0. The molecule has 0 aromatic heterocycles. The van der Waals surface area contributed by atoms with E-state index in [1.807, 2.05) is 12.1 Å². The molecule has 1 aliphatic heterocycles. The molecule has 2 N–H and O–H groups in total. The van der Waals surface area contributed by atoms with Crippen molar-refractivity contribution in [3.8, 4) is 17.2 Å². The van der Waals surface area contributed by atoms with Gasteiger partial charge in [0.2, 0.25) is 5.75 Å². The summed E-state index contributed by atoms with van der Waals surface area (Å²) in [6.45, 7) is 2.10. The number of ether oxygens (including phenoxy) is 4. The Bertz CT molecular complexity index is 406. The van der Waals surface area contributed by atoms with Crippen molar-refractivity contribution in [3.63, 3.8) is 0 Å². The number of rotatable bonds is 6. The topological polar surface area (TPSA) is 62.9 Å². The van der Waals surface area contributed by atoms with Gasteiger partial charge in [0.05, 0.1) is 34.5 Å². The van der Waals surface area contributed by atoms with E-state index < -0.39 is 0 Å². The Hall–Kier alpha value is -1.46. The van der Waals surface area contributed by atoms with Crippen LogP contribution in [0.15, 0.2) is 12.1 Å². The maximum Gasteiger partial charge on any atom is 0.203 e. The molecule has 2 rings (SSSR count). The molecule has 19 heavy (non-hydrogen) atoms. The molecule has 1 aliphatic rings. The molecule has 0 amide bonds. The van der Waals surface area contributed by atoms with Gasteiger partial charge in [0.1, 0.15) is 0 Å². The van der Waals surface area contributed by atoms with Crippen LogP contribution in [0, 0.1) is 5.92 Å². The van der Waals surface area contributed by atoms with Crippen LogP contribution in [-0.2, 0) is 4.74 Å². The second-order valence-electron chi connectivity index (χ2n) is 4.60. The summed E-state index contributed by atoms with van der Waals surface area (Å²) in [6, 6.07) is 3.94. The van der Waals surface area contributed by atoms with E-state index in [9.17, 15) is 0 Å². The number of hydrogen-bond acceptors (Lipinski definition) is 5. The number of methoxy groups -OCH3 is 3. The molecule has 0 saturated carbocycles. The quantitative estimate of drug-likeness (QED) is 0.844. The van der Waals surface area contributed by atoms with Crippen LogP contribution < -0.4 is 19.9 Å². The van der Waals surface area contributed by atoms with Crippen molar-refractivity contribution in [1.29, 1.82) is 0 Å². The Morgan fingerprint density at radius 1 is 1.16 bits per heavy atom. The lowest BCUT2D eigenvalue weighted by atomic mass is 9.84. The lowest BCUT2D eigenvalue weighted by molar-refractivity contribution is -0.0437. The minimum atomic E-state index is 0.252. The van der Waals surface area contributed by atoms with Gasteiger partial charge in [-0.2, -0.15) is 0 Å². The fourth-order valence-corrected chi connectivity index (χ4v) is 2.40. The summed E-state index contributed by atoms with van der Waals surface area (Å²) in [6.07, 6.45) is 0. The molecular weight excluding hydrogens is 246 g/mol. The summed E-state index contributed by atoms with van der Waals surface area (Å²) in [5.74, 6) is 2.65. The van der Waals surface area contributed by atoms with Crippen LogP contribution in [0.2, 0.25) is 0 Å². The van der Waals surface area contributed by atoms with E-state index in [0.717, 1.165) is 18.8 Å². The van der Waals surface area contributed by atoms with E-state index in [1.54, 1.807) is 21.3 Å². The van der Waals surface area contributed by atoms with E-state index >= 15 is 0 Å². The Labute approximate surface area is 113 Å². The molecule has 1 saturated heterocycles. The van der Waals surface area contributed by atoms with Crippen LogP contribution in [-0.4, -0.2) is 41.1 Å². The molecule has 1 atom stereocenters. The normalized spacial score (nSPS) is 16.6. The maximum absolute atomic E-state index is 5.90. The predicted octanol–water partition coefficient (Wildman–Crippen LogP) is 1.40. The van der Waals surface area contributed by atoms with Crippen molar-refractivity contribution in [2.24, 2.45) is 11.7 Å². The highest BCUT2D eigenvalue weighted by molar-refractivity contribution is 5.54. The molecule has 106 valence electrons. The molecule has 0 spiro atoms. The van der Waals surface area contributed by atoms with Crippen LogP contribution in [0.5, 0.6) is 17.2 Å². The zero-order valence-electron chi connectivity index (χ0n) is 11.6. The third-order valence-electron chi connectivity index (χ3n) is 3.60. The van der Waals surface area contributed by atoms with Gasteiger partial charge >= 0.3 is 0 Å². The first-order valence-corrected chi connectivity index (χ1v) is 6.32. The van der Waals surface area contributed by atoms with Gasteiger partial charge in [-0.1, -0.05) is 0 Å². The molecule has 1 aromatic rings. The van der Waals surface area contributed by atoms with E-state index in [-0.39, 0.29) is 5.92 Å². The molecule has 0 aliphatic carbocycles. The van der Waals surface area contributed by atoms with Crippen molar-refractivity contribution in [3.05, 3.63) is 17.7 Å². The molecule has 5 heteroatoms. The van der Waals surface area contributed by atoms with Gasteiger partial charge in [-0.3, -0.25) is 0 Å². The highest BCUT2D eigenvalue weighted by atomic mass is 16.5. The lowest BCUT2D eigenvalue weighted by Crippen LogP contribution is -2.36. The minimum Gasteiger partial charge on any atom is -0.493 e. The first kappa shape index (κ1) is 14.0. The summed E-state index contributed by atoms with van der Waals surface area (Å²) in [4.78, 5) is 0. The van der Waals surface area contributed by atoms with Gasteiger partial charge in [0, 0.05) is 11.8 Å². The van der Waals surface area contributed by atoms with E-state index in [0.29, 0.717) is 29.7 Å². The maximum atomic E-state index is 5.90. The van der Waals surface area contributed by atoms with Crippen molar-refractivity contribution in [2.45, 2.75) is 5.92 Å². The van der Waals surface area contributed by atoms with Crippen molar-refractivity contribution < 1.29 is 18.9 Å². The number of hydrogen-bond donors (Lipinski definition) is 1. The largest absolute Gasteiger partial charge is 0.493 e. The average molecular weight is 267 g/mol. The second-order valence-corrected chi connectivity index (χ2v) is 4.60. The lowest BCUT2D eigenvalue weighted by Gasteiger charge is -2.33. The van der Waals surface area contributed by atoms with Gasteiger partial charge in [0.25, 0.3) is 0 Å². The SMILES string of the molecule is COc1cc(C(CN)C2COC2)cc(OC)c1OC. The Kier molecular flexibility index (Phi) is 4.50. The van der Waals surface area contributed by atoms with Crippen LogP contribution >= 0.6 is 0 Å². The van der Waals surface area contributed by atoms with E-state index in [2.05, 4.69) is 0 Å². The fraction of sp³-hybridized carbons (Fsp3) is 0.571. The van der Waals surface area contributed by atoms with Gasteiger partial charge in [0.15, 0.2) is 11.5 Å². The summed E-state index contributed by atoms with van der Waals surface area (Å²) in [5.41, 5.74) is 7.00. The van der Waals surface area contributed by atoms with E-state index in [1.165, 1.54) is 0 Å². The van der Waals surface area contributed by atoms with Crippen LogP contribution in [0.3, 0.4) is 0 Å². The van der Waals surface area contributed by atoms with Crippen LogP contribution in [0.4, 0.5) is 0 Å². The molecule has 0 radical (unpaired) electrons. The average Bonchev–Trinajstić information content (AvgIpc) is 2.40. The number of benzene rings is 1. The molecule has 1 heterocycles. The summed E-state index contributed by atoms with van der Waals surface area (Å²) in [7, 11) is 4.83. The monoisotopic (exact) mass is 267 g/mol. The standard InChI is InChI=1S/C14H21NO4/c1-16-12-4-9(5-13(17-2)14(12)18-3)11(6-15)10-7-19-8-10/h4-5,10-11H,6-8,15H2,1-3H3. The predicted molar refractivity (Wildman–Crippen MR) is 72.2 cm³/mol. The Morgan fingerprint density at radius 3 is 2.05 bits per heavy atom. The highest BCUT2D eigenvalue weighted by Crippen LogP contribution is 2.42. The Balaban J connectivity index is 2.39. The number of nitrogens with two attached hydrogens (primary N) is 1. The van der Waals surface area contributed by atoms with Crippen molar-refractivity contribution in [2.75, 3.05) is 41.1 Å². The molecule has 5 nitrogen and oxygen atoms in total. The fourth-order valence-electron chi connectivity index (χ4n) is 2.40. The van der Waals surface area contributed by atoms with E-state index in [4.69, 9.17) is 24.7 Å². The zero-order valence-corrected chi connectivity index (χ0v) is 11.6. The molecule has 1 unspecified atom stereocenters. The van der Waals surface area contributed by atoms with Crippen LogP contribution in [0.1, 0.15) is 11.5 Å². The summed E-state index contributed by atoms with van der Waals surface area (Å²) in [5, 5.41) is 0. The first-order valence-electron chi connectivity index (χ1n) is 6.32. The van der Waals surface area contributed by atoms with Gasteiger partial charge in [-0.15, -0.1) is 0 Å². The minimum absolute atomic E-state index is 0.252. The molecule has 1 fully saturated rings. The van der Waals surface area contributed by atoms with Crippen molar-refractivity contribution >= 4 is 0 Å².